The van der Waals surface area contributed by atoms with E-state index >= 15 is 0 Å². The number of sulfonamides is 1. The molecule has 0 unspecified atom stereocenters. The molecule has 1 fully saturated rings. The number of carbonyl (C=O) groups excluding carboxylic acids is 1. The van der Waals surface area contributed by atoms with Crippen LogP contribution < -0.4 is 5.32 Å². The van der Waals surface area contributed by atoms with E-state index in [1.54, 1.807) is 12.1 Å². The highest BCUT2D eigenvalue weighted by Crippen LogP contribution is 2.26. The van der Waals surface area contributed by atoms with Crippen LogP contribution in [0.25, 0.3) is 0 Å². The van der Waals surface area contributed by atoms with Crippen LogP contribution in [0.2, 0.25) is 0 Å². The molecule has 1 N–H and O–H groups in total. The quantitative estimate of drug-likeness (QED) is 0.794. The number of carbonyl (C=O) groups is 1. The summed E-state index contributed by atoms with van der Waals surface area (Å²) in [6, 6.07) is 12.8. The molecule has 162 valence electrons. The lowest BCUT2D eigenvalue weighted by Gasteiger charge is -2.31. The van der Waals surface area contributed by atoms with Crippen LogP contribution in [0.1, 0.15) is 60.7 Å². The molecule has 3 rings (SSSR count). The highest BCUT2D eigenvalue weighted by molar-refractivity contribution is 7.89. The van der Waals surface area contributed by atoms with Crippen LogP contribution in [0.15, 0.2) is 47.4 Å². The number of piperidine rings is 1. The zero-order valence-electron chi connectivity index (χ0n) is 18.5. The van der Waals surface area contributed by atoms with Gasteiger partial charge in [-0.15, -0.1) is 0 Å². The van der Waals surface area contributed by atoms with Crippen molar-refractivity contribution in [1.29, 1.82) is 0 Å². The summed E-state index contributed by atoms with van der Waals surface area (Å²) in [7, 11) is -3.52. The molecule has 1 aliphatic heterocycles. The lowest BCUT2D eigenvalue weighted by molar-refractivity contribution is 0.0923. The van der Waals surface area contributed by atoms with E-state index in [-0.39, 0.29) is 17.4 Å². The van der Waals surface area contributed by atoms with Crippen molar-refractivity contribution in [2.45, 2.75) is 63.8 Å². The number of rotatable bonds is 4. The molecular formula is C24H32N2O3S. The maximum absolute atomic E-state index is 13.0. The molecule has 30 heavy (non-hydrogen) atoms. The SMILES string of the molecule is Cc1ccc(C(=O)NC2CCN(S(=O)(=O)c3ccc(C(C)(C)C)cc3)CC2)cc1C. The highest BCUT2D eigenvalue weighted by Gasteiger charge is 2.30. The zero-order chi connectivity index (χ0) is 22.1. The van der Waals surface area contributed by atoms with Gasteiger partial charge in [0.25, 0.3) is 5.91 Å². The molecule has 1 amide bonds. The number of hydrogen-bond acceptors (Lipinski definition) is 3. The Kier molecular flexibility index (Phi) is 6.39. The third kappa shape index (κ3) is 4.93. The molecule has 2 aromatic rings. The Balaban J connectivity index is 1.61. The fourth-order valence-corrected chi connectivity index (χ4v) is 5.14. The van der Waals surface area contributed by atoms with Gasteiger partial charge in [-0.05, 0) is 73.1 Å². The van der Waals surface area contributed by atoms with Gasteiger partial charge in [-0.3, -0.25) is 4.79 Å². The van der Waals surface area contributed by atoms with Crippen LogP contribution in [0.5, 0.6) is 0 Å². The number of nitrogens with one attached hydrogen (secondary N) is 1. The van der Waals surface area contributed by atoms with Gasteiger partial charge in [0.1, 0.15) is 0 Å². The molecule has 5 nitrogen and oxygen atoms in total. The van der Waals surface area contributed by atoms with Crippen LogP contribution in [0.4, 0.5) is 0 Å². The predicted octanol–water partition coefficient (Wildman–Crippen LogP) is 4.18. The van der Waals surface area contributed by atoms with E-state index in [2.05, 4.69) is 26.1 Å². The number of nitrogens with zero attached hydrogens (tertiary/aromatic N) is 1. The standard InChI is InChI=1S/C24H32N2O3S/c1-17-6-7-19(16-18(17)2)23(27)25-21-12-14-26(15-13-21)30(28,29)22-10-8-20(9-11-22)24(3,4)5/h6-11,16,21H,12-15H2,1-5H3,(H,25,27). The van der Waals surface area contributed by atoms with E-state index in [9.17, 15) is 13.2 Å². The second kappa shape index (κ2) is 8.52. The first-order valence-electron chi connectivity index (χ1n) is 10.5. The van der Waals surface area contributed by atoms with E-state index in [1.165, 1.54) is 4.31 Å². The fourth-order valence-electron chi connectivity index (χ4n) is 3.67. The third-order valence-electron chi connectivity index (χ3n) is 5.92. The van der Waals surface area contributed by atoms with Crippen LogP contribution in [0, 0.1) is 13.8 Å². The molecule has 1 saturated heterocycles. The largest absolute Gasteiger partial charge is 0.349 e. The Morgan fingerprint density at radius 3 is 2.10 bits per heavy atom. The molecule has 0 radical (unpaired) electrons. The van der Waals surface area contributed by atoms with Gasteiger partial charge in [0, 0.05) is 24.7 Å². The number of aryl methyl sites for hydroxylation is 2. The summed E-state index contributed by atoms with van der Waals surface area (Å²) in [5.41, 5.74) is 3.97. The van der Waals surface area contributed by atoms with E-state index in [1.807, 2.05) is 44.2 Å². The van der Waals surface area contributed by atoms with Crippen molar-refractivity contribution in [2.75, 3.05) is 13.1 Å². The van der Waals surface area contributed by atoms with Crippen molar-refractivity contribution in [3.05, 3.63) is 64.7 Å². The summed E-state index contributed by atoms with van der Waals surface area (Å²) in [5, 5.41) is 3.06. The number of hydrogen-bond donors (Lipinski definition) is 1. The average Bonchev–Trinajstić information content (AvgIpc) is 2.70. The minimum atomic E-state index is -3.52. The maximum Gasteiger partial charge on any atom is 0.251 e. The Morgan fingerprint density at radius 2 is 1.57 bits per heavy atom. The Hall–Kier alpha value is -2.18. The van der Waals surface area contributed by atoms with Gasteiger partial charge >= 0.3 is 0 Å². The first-order valence-corrected chi connectivity index (χ1v) is 11.9. The van der Waals surface area contributed by atoms with Gasteiger partial charge in [-0.2, -0.15) is 4.31 Å². The summed E-state index contributed by atoms with van der Waals surface area (Å²) in [4.78, 5) is 12.9. The molecule has 0 bridgehead atoms. The molecule has 0 aliphatic carbocycles. The van der Waals surface area contributed by atoms with Crippen LogP contribution in [-0.4, -0.2) is 37.8 Å². The molecule has 0 spiro atoms. The summed E-state index contributed by atoms with van der Waals surface area (Å²) < 4.78 is 27.5. The Labute approximate surface area is 180 Å². The van der Waals surface area contributed by atoms with E-state index in [0.29, 0.717) is 36.4 Å². The van der Waals surface area contributed by atoms with Gasteiger partial charge in [-0.25, -0.2) is 8.42 Å². The molecule has 0 saturated carbocycles. The van der Waals surface area contributed by atoms with Crippen LogP contribution >= 0.6 is 0 Å². The lowest BCUT2D eigenvalue weighted by Crippen LogP contribution is -2.46. The summed E-state index contributed by atoms with van der Waals surface area (Å²) in [5.74, 6) is -0.0998. The van der Waals surface area contributed by atoms with Gasteiger partial charge in [-0.1, -0.05) is 39.0 Å². The van der Waals surface area contributed by atoms with E-state index in [0.717, 1.165) is 16.7 Å². The molecule has 0 aromatic heterocycles. The molecule has 2 aromatic carbocycles. The summed E-state index contributed by atoms with van der Waals surface area (Å²) in [6.07, 6.45) is 1.21. The zero-order valence-corrected chi connectivity index (χ0v) is 19.3. The third-order valence-corrected chi connectivity index (χ3v) is 7.83. The van der Waals surface area contributed by atoms with Crippen molar-refractivity contribution in [1.82, 2.24) is 9.62 Å². The molecule has 6 heteroatoms. The second-order valence-electron chi connectivity index (χ2n) is 9.23. The Bertz CT molecular complexity index is 1010. The summed E-state index contributed by atoms with van der Waals surface area (Å²) in [6.45, 7) is 11.1. The normalized spacial score (nSPS) is 16.4. The van der Waals surface area contributed by atoms with Gasteiger partial charge < -0.3 is 5.32 Å². The first kappa shape index (κ1) is 22.5. The maximum atomic E-state index is 13.0. The molecule has 0 atom stereocenters. The fraction of sp³-hybridized carbons (Fsp3) is 0.458. The van der Waals surface area contributed by atoms with Crippen molar-refractivity contribution >= 4 is 15.9 Å². The lowest BCUT2D eigenvalue weighted by atomic mass is 9.87. The van der Waals surface area contributed by atoms with Gasteiger partial charge in [0.05, 0.1) is 4.90 Å². The van der Waals surface area contributed by atoms with Crippen LogP contribution in [0.3, 0.4) is 0 Å². The van der Waals surface area contributed by atoms with Crippen molar-refractivity contribution in [3.63, 3.8) is 0 Å². The van der Waals surface area contributed by atoms with Crippen molar-refractivity contribution in [3.8, 4) is 0 Å². The smallest absolute Gasteiger partial charge is 0.251 e. The Morgan fingerprint density at radius 1 is 0.967 bits per heavy atom. The molecule has 1 aliphatic rings. The van der Waals surface area contributed by atoms with Crippen LogP contribution in [-0.2, 0) is 15.4 Å². The van der Waals surface area contributed by atoms with E-state index in [4.69, 9.17) is 0 Å². The topological polar surface area (TPSA) is 66.5 Å². The molecule has 1 heterocycles. The van der Waals surface area contributed by atoms with Gasteiger partial charge in [0.2, 0.25) is 10.0 Å². The number of benzene rings is 2. The molecular weight excluding hydrogens is 396 g/mol. The highest BCUT2D eigenvalue weighted by atomic mass is 32.2. The average molecular weight is 429 g/mol. The second-order valence-corrected chi connectivity index (χ2v) is 11.2. The first-order chi connectivity index (χ1) is 14.0. The minimum absolute atomic E-state index is 0.0190. The summed E-state index contributed by atoms with van der Waals surface area (Å²) >= 11 is 0. The van der Waals surface area contributed by atoms with Crippen molar-refractivity contribution < 1.29 is 13.2 Å². The number of amides is 1. The van der Waals surface area contributed by atoms with E-state index < -0.39 is 10.0 Å². The minimum Gasteiger partial charge on any atom is -0.349 e. The monoisotopic (exact) mass is 428 g/mol. The van der Waals surface area contributed by atoms with Crippen molar-refractivity contribution in [2.24, 2.45) is 0 Å². The van der Waals surface area contributed by atoms with Gasteiger partial charge in [0.15, 0.2) is 0 Å². The predicted molar refractivity (Wildman–Crippen MR) is 120 cm³/mol.